The Morgan fingerprint density at radius 3 is 2.65 bits per heavy atom. The second-order valence-electron chi connectivity index (χ2n) is 7.85. The third-order valence-electron chi connectivity index (χ3n) is 6.20. The van der Waals surface area contributed by atoms with Crippen LogP contribution in [0.25, 0.3) is 0 Å². The van der Waals surface area contributed by atoms with Gasteiger partial charge in [-0.1, -0.05) is 37.7 Å². The van der Waals surface area contributed by atoms with Crippen molar-refractivity contribution in [2.24, 2.45) is 23.7 Å². The molecule has 4 rings (SSSR count). The van der Waals surface area contributed by atoms with Gasteiger partial charge in [0.1, 0.15) is 0 Å². The van der Waals surface area contributed by atoms with Crippen molar-refractivity contribution in [1.29, 1.82) is 0 Å². The average molecular weight is 325 g/mol. The van der Waals surface area contributed by atoms with E-state index in [1.54, 1.807) is 0 Å². The number of hydrogen-bond donors (Lipinski definition) is 0. The van der Waals surface area contributed by atoms with Gasteiger partial charge in [0.05, 0.1) is 0 Å². The SMILES string of the molecule is CC1CCC(CCn2nnnc2N2CC3CC(F)(F)C3C2)CC1. The Bertz CT molecular complexity index is 552. The maximum atomic E-state index is 13.5. The van der Waals surface area contributed by atoms with E-state index in [0.717, 1.165) is 24.8 Å². The highest BCUT2D eigenvalue weighted by atomic mass is 19.3. The fourth-order valence-corrected chi connectivity index (χ4v) is 4.55. The molecule has 1 saturated heterocycles. The van der Waals surface area contributed by atoms with Gasteiger partial charge in [-0.2, -0.15) is 0 Å². The van der Waals surface area contributed by atoms with Crippen LogP contribution in [-0.4, -0.2) is 39.2 Å². The standard InChI is InChI=1S/C16H25F2N5/c1-11-2-4-12(5-3-11)6-7-23-15(19-20-21-23)22-9-13-8-16(17,18)14(13)10-22/h11-14H,2-10H2,1H3. The van der Waals surface area contributed by atoms with Gasteiger partial charge in [0, 0.05) is 32.0 Å². The summed E-state index contributed by atoms with van der Waals surface area (Å²) in [6.45, 7) is 4.18. The second-order valence-corrected chi connectivity index (χ2v) is 7.85. The number of nitrogens with zero attached hydrogens (tertiary/aromatic N) is 5. The van der Waals surface area contributed by atoms with Crippen LogP contribution in [0.15, 0.2) is 0 Å². The van der Waals surface area contributed by atoms with Gasteiger partial charge in [-0.05, 0) is 34.6 Å². The van der Waals surface area contributed by atoms with Crippen molar-refractivity contribution in [3.8, 4) is 0 Å². The largest absolute Gasteiger partial charge is 0.339 e. The van der Waals surface area contributed by atoms with Gasteiger partial charge in [0.15, 0.2) is 0 Å². The summed E-state index contributed by atoms with van der Waals surface area (Å²) in [4.78, 5) is 1.96. The van der Waals surface area contributed by atoms with Crippen LogP contribution in [-0.2, 0) is 6.54 Å². The molecule has 128 valence electrons. The molecule has 2 unspecified atom stereocenters. The summed E-state index contributed by atoms with van der Waals surface area (Å²) in [5, 5.41) is 12.0. The molecule has 1 aromatic rings. The van der Waals surface area contributed by atoms with E-state index in [-0.39, 0.29) is 12.3 Å². The van der Waals surface area contributed by atoms with E-state index in [1.165, 1.54) is 25.7 Å². The molecule has 3 aliphatic rings. The van der Waals surface area contributed by atoms with Crippen LogP contribution in [0.1, 0.15) is 45.4 Å². The highest BCUT2D eigenvalue weighted by Gasteiger charge is 2.60. The first kappa shape index (κ1) is 15.3. The van der Waals surface area contributed by atoms with Gasteiger partial charge in [0.2, 0.25) is 5.95 Å². The highest BCUT2D eigenvalue weighted by Crippen LogP contribution is 2.52. The molecule has 1 aliphatic heterocycles. The zero-order valence-corrected chi connectivity index (χ0v) is 13.7. The Hall–Kier alpha value is -1.27. The maximum Gasteiger partial charge on any atom is 0.253 e. The molecule has 7 heteroatoms. The summed E-state index contributed by atoms with van der Waals surface area (Å²) in [6, 6.07) is 0. The molecular formula is C16H25F2N5. The van der Waals surface area contributed by atoms with Crippen molar-refractivity contribution in [3.63, 3.8) is 0 Å². The molecule has 3 fully saturated rings. The van der Waals surface area contributed by atoms with E-state index in [2.05, 4.69) is 22.4 Å². The molecule has 0 aromatic carbocycles. The summed E-state index contributed by atoms with van der Waals surface area (Å²) in [5.74, 6) is -0.600. The number of halogens is 2. The number of aryl methyl sites for hydroxylation is 1. The van der Waals surface area contributed by atoms with Crippen molar-refractivity contribution in [2.75, 3.05) is 18.0 Å². The fourth-order valence-electron chi connectivity index (χ4n) is 4.55. The number of rotatable bonds is 4. The third-order valence-corrected chi connectivity index (χ3v) is 6.20. The summed E-state index contributed by atoms with van der Waals surface area (Å²) in [5.41, 5.74) is 0. The van der Waals surface area contributed by atoms with Crippen LogP contribution in [0.5, 0.6) is 0 Å². The zero-order valence-electron chi connectivity index (χ0n) is 13.7. The Labute approximate surface area is 135 Å². The zero-order chi connectivity index (χ0) is 16.0. The number of tetrazole rings is 1. The minimum absolute atomic E-state index is 0.0238. The lowest BCUT2D eigenvalue weighted by Crippen LogP contribution is -2.46. The lowest BCUT2D eigenvalue weighted by molar-refractivity contribution is -0.152. The van der Waals surface area contributed by atoms with E-state index < -0.39 is 11.8 Å². The topological polar surface area (TPSA) is 46.8 Å². The number of aromatic nitrogens is 4. The van der Waals surface area contributed by atoms with Crippen molar-refractivity contribution >= 4 is 5.95 Å². The molecule has 2 heterocycles. The molecule has 0 radical (unpaired) electrons. The predicted molar refractivity (Wildman–Crippen MR) is 82.3 cm³/mol. The van der Waals surface area contributed by atoms with E-state index >= 15 is 0 Å². The Morgan fingerprint density at radius 1 is 1.17 bits per heavy atom. The van der Waals surface area contributed by atoms with Crippen LogP contribution >= 0.6 is 0 Å². The summed E-state index contributed by atoms with van der Waals surface area (Å²) < 4.78 is 28.9. The molecular weight excluding hydrogens is 300 g/mol. The summed E-state index contributed by atoms with van der Waals surface area (Å²) in [7, 11) is 0. The Balaban J connectivity index is 1.36. The lowest BCUT2D eigenvalue weighted by atomic mass is 9.72. The highest BCUT2D eigenvalue weighted by molar-refractivity contribution is 5.33. The van der Waals surface area contributed by atoms with E-state index in [9.17, 15) is 8.78 Å². The first-order chi connectivity index (χ1) is 11.0. The molecule has 0 spiro atoms. The first-order valence-electron chi connectivity index (χ1n) is 8.92. The summed E-state index contributed by atoms with van der Waals surface area (Å²) >= 11 is 0. The van der Waals surface area contributed by atoms with Gasteiger partial charge >= 0.3 is 0 Å². The maximum absolute atomic E-state index is 13.5. The number of anilines is 1. The molecule has 1 aromatic heterocycles. The molecule has 2 saturated carbocycles. The molecule has 0 amide bonds. The lowest BCUT2D eigenvalue weighted by Gasteiger charge is -2.38. The smallest absolute Gasteiger partial charge is 0.253 e. The minimum Gasteiger partial charge on any atom is -0.339 e. The van der Waals surface area contributed by atoms with Gasteiger partial charge in [-0.25, -0.2) is 13.5 Å². The van der Waals surface area contributed by atoms with Crippen LogP contribution < -0.4 is 4.90 Å². The van der Waals surface area contributed by atoms with Crippen LogP contribution in [0.2, 0.25) is 0 Å². The van der Waals surface area contributed by atoms with Gasteiger partial charge in [-0.3, -0.25) is 0 Å². The third kappa shape index (κ3) is 2.83. The van der Waals surface area contributed by atoms with Crippen LogP contribution in [0.3, 0.4) is 0 Å². The van der Waals surface area contributed by atoms with Crippen LogP contribution in [0, 0.1) is 23.7 Å². The first-order valence-corrected chi connectivity index (χ1v) is 8.92. The average Bonchev–Trinajstić information content (AvgIpc) is 3.11. The van der Waals surface area contributed by atoms with Crippen molar-refractivity contribution in [3.05, 3.63) is 0 Å². The fraction of sp³-hybridized carbons (Fsp3) is 0.938. The van der Waals surface area contributed by atoms with E-state index in [1.807, 2.05) is 9.58 Å². The van der Waals surface area contributed by atoms with Gasteiger partial charge < -0.3 is 4.90 Å². The monoisotopic (exact) mass is 325 g/mol. The molecule has 2 atom stereocenters. The Morgan fingerprint density at radius 2 is 1.96 bits per heavy atom. The van der Waals surface area contributed by atoms with Crippen LogP contribution in [0.4, 0.5) is 14.7 Å². The molecule has 0 bridgehead atoms. The summed E-state index contributed by atoms with van der Waals surface area (Å²) in [6.07, 6.45) is 6.32. The van der Waals surface area contributed by atoms with E-state index in [0.29, 0.717) is 19.0 Å². The number of fused-ring (bicyclic) bond motifs is 1. The van der Waals surface area contributed by atoms with Crippen molar-refractivity contribution in [1.82, 2.24) is 20.2 Å². The minimum atomic E-state index is -2.49. The quantitative estimate of drug-likeness (QED) is 0.854. The Kier molecular flexibility index (Phi) is 3.76. The second kappa shape index (κ2) is 5.67. The molecule has 5 nitrogen and oxygen atoms in total. The molecule has 23 heavy (non-hydrogen) atoms. The van der Waals surface area contributed by atoms with E-state index in [4.69, 9.17) is 0 Å². The van der Waals surface area contributed by atoms with Crippen molar-refractivity contribution in [2.45, 2.75) is 57.9 Å². The van der Waals surface area contributed by atoms with Gasteiger partial charge in [-0.15, -0.1) is 0 Å². The van der Waals surface area contributed by atoms with Crippen molar-refractivity contribution < 1.29 is 8.78 Å². The number of alkyl halides is 2. The normalized spacial score (nSPS) is 35.9. The predicted octanol–water partition coefficient (Wildman–Crippen LogP) is 2.98. The number of hydrogen-bond acceptors (Lipinski definition) is 4. The molecule has 2 aliphatic carbocycles. The van der Waals surface area contributed by atoms with Gasteiger partial charge in [0.25, 0.3) is 5.92 Å². The molecule has 0 N–H and O–H groups in total.